The van der Waals surface area contributed by atoms with Crippen molar-refractivity contribution in [3.05, 3.63) is 102 Å². The fourth-order valence-corrected chi connectivity index (χ4v) is 4.69. The molecule has 0 spiro atoms. The van der Waals surface area contributed by atoms with E-state index >= 15 is 0 Å². The van der Waals surface area contributed by atoms with Gasteiger partial charge in [-0.1, -0.05) is 60.3 Å². The number of halogens is 1. The Morgan fingerprint density at radius 3 is 2.22 bits per heavy atom. The van der Waals surface area contributed by atoms with Gasteiger partial charge in [0.05, 0.1) is 34.1 Å². The number of carbonyl (C=O) groups excluding carboxylic acids is 1. The maximum Gasteiger partial charge on any atom is 0.234 e. The smallest absolute Gasteiger partial charge is 0.234 e. The Bertz CT molecular complexity index is 1510. The molecule has 0 aliphatic rings. The molecule has 3 aromatic carbocycles. The molecule has 0 atom stereocenters. The van der Waals surface area contributed by atoms with Gasteiger partial charge in [-0.25, -0.2) is 9.07 Å². The van der Waals surface area contributed by atoms with Crippen molar-refractivity contribution in [3.8, 4) is 22.8 Å². The minimum Gasteiger partial charge on any atom is -0.322 e. The lowest BCUT2D eigenvalue weighted by atomic mass is 10.2. The highest BCUT2D eigenvalue weighted by Crippen LogP contribution is 2.30. The first kappa shape index (κ1) is 23.5. The molecule has 5 aromatic rings. The number of para-hydroxylation sites is 2. The van der Waals surface area contributed by atoms with Crippen molar-refractivity contribution >= 4 is 23.4 Å². The Morgan fingerprint density at radius 1 is 0.889 bits per heavy atom. The summed E-state index contributed by atoms with van der Waals surface area (Å²) in [6.07, 6.45) is 0. The molecule has 1 N–H and O–H groups in total. The van der Waals surface area contributed by atoms with Crippen LogP contribution < -0.4 is 5.32 Å². The van der Waals surface area contributed by atoms with Gasteiger partial charge in [-0.05, 0) is 50.2 Å². The van der Waals surface area contributed by atoms with E-state index < -0.39 is 5.82 Å². The molecule has 0 fully saturated rings. The van der Waals surface area contributed by atoms with Gasteiger partial charge in [0.1, 0.15) is 5.82 Å². The fraction of sp³-hybridized carbons (Fsp3) is 0.111. The number of hydrogen-bond donors (Lipinski definition) is 1. The summed E-state index contributed by atoms with van der Waals surface area (Å²) < 4.78 is 18.2. The summed E-state index contributed by atoms with van der Waals surface area (Å²) >= 11 is 1.23. The topological polar surface area (TPSA) is 77.6 Å². The van der Waals surface area contributed by atoms with Crippen molar-refractivity contribution in [2.45, 2.75) is 19.0 Å². The molecule has 2 heterocycles. The van der Waals surface area contributed by atoms with Gasteiger partial charge in [-0.15, -0.1) is 10.2 Å². The van der Waals surface area contributed by atoms with Crippen LogP contribution in [0.4, 0.5) is 10.1 Å². The summed E-state index contributed by atoms with van der Waals surface area (Å²) in [5.41, 5.74) is 4.28. The van der Waals surface area contributed by atoms with Crippen LogP contribution in [-0.2, 0) is 4.79 Å². The van der Waals surface area contributed by atoms with Crippen LogP contribution in [0.1, 0.15) is 11.4 Å². The van der Waals surface area contributed by atoms with Crippen LogP contribution in [0, 0.1) is 19.7 Å². The number of nitrogens with zero attached hydrogens (tertiary/aromatic N) is 5. The van der Waals surface area contributed by atoms with Crippen molar-refractivity contribution in [2.24, 2.45) is 0 Å². The van der Waals surface area contributed by atoms with Gasteiger partial charge in [0.2, 0.25) is 5.91 Å². The highest BCUT2D eigenvalue weighted by atomic mass is 32.2. The fourth-order valence-electron chi connectivity index (χ4n) is 3.94. The number of nitrogens with one attached hydrogen (secondary N) is 1. The normalized spacial score (nSPS) is 11.0. The Hall–Kier alpha value is -4.24. The number of aryl methyl sites for hydroxylation is 1. The quantitative estimate of drug-likeness (QED) is 0.295. The van der Waals surface area contributed by atoms with E-state index in [1.807, 2.05) is 79.2 Å². The average molecular weight is 499 g/mol. The number of amides is 1. The van der Waals surface area contributed by atoms with E-state index in [0.717, 1.165) is 22.8 Å². The standard InChI is InChI=1S/C27H23FN6OS/c1-18-25(19(2)34(32-18)21-13-7-4-8-14-21)29-24(35)17-36-27-31-30-26(22-15-9-10-16-23(22)28)33(27)20-11-5-3-6-12-20/h3-16H,17H2,1-2H3,(H,29,35). The zero-order valence-corrected chi connectivity index (χ0v) is 20.5. The SMILES string of the molecule is Cc1nn(-c2ccccc2)c(C)c1NC(=O)CSc1nnc(-c2ccccc2F)n1-c1ccccc1. The summed E-state index contributed by atoms with van der Waals surface area (Å²) in [6, 6.07) is 25.6. The van der Waals surface area contributed by atoms with Gasteiger partial charge in [0.15, 0.2) is 11.0 Å². The number of benzene rings is 3. The third-order valence-corrected chi connectivity index (χ3v) is 6.58. The molecule has 36 heavy (non-hydrogen) atoms. The lowest BCUT2D eigenvalue weighted by Gasteiger charge is -2.11. The van der Waals surface area contributed by atoms with Crippen molar-refractivity contribution in [1.29, 1.82) is 0 Å². The molecule has 7 nitrogen and oxygen atoms in total. The largest absolute Gasteiger partial charge is 0.322 e. The van der Waals surface area contributed by atoms with E-state index in [-0.39, 0.29) is 11.7 Å². The maximum atomic E-state index is 14.6. The van der Waals surface area contributed by atoms with Gasteiger partial charge < -0.3 is 5.32 Å². The van der Waals surface area contributed by atoms with Gasteiger partial charge >= 0.3 is 0 Å². The summed E-state index contributed by atoms with van der Waals surface area (Å²) in [4.78, 5) is 12.9. The summed E-state index contributed by atoms with van der Waals surface area (Å²) in [7, 11) is 0. The highest BCUT2D eigenvalue weighted by Gasteiger charge is 2.20. The molecule has 2 aromatic heterocycles. The molecule has 0 unspecified atom stereocenters. The monoisotopic (exact) mass is 498 g/mol. The van der Waals surface area contributed by atoms with Crippen molar-refractivity contribution in [1.82, 2.24) is 24.5 Å². The first-order valence-electron chi connectivity index (χ1n) is 11.3. The third kappa shape index (κ3) is 4.65. The second-order valence-electron chi connectivity index (χ2n) is 8.09. The van der Waals surface area contributed by atoms with Crippen LogP contribution in [0.25, 0.3) is 22.8 Å². The third-order valence-electron chi connectivity index (χ3n) is 5.65. The zero-order chi connectivity index (χ0) is 25.1. The average Bonchev–Trinajstić information content (AvgIpc) is 3.45. The van der Waals surface area contributed by atoms with Crippen LogP contribution in [-0.4, -0.2) is 36.2 Å². The highest BCUT2D eigenvalue weighted by molar-refractivity contribution is 7.99. The number of aromatic nitrogens is 5. The van der Waals surface area contributed by atoms with Crippen LogP contribution in [0.5, 0.6) is 0 Å². The van der Waals surface area contributed by atoms with E-state index in [1.54, 1.807) is 22.8 Å². The number of thioether (sulfide) groups is 1. The predicted octanol–water partition coefficient (Wildman–Crippen LogP) is 5.61. The van der Waals surface area contributed by atoms with Crippen LogP contribution in [0.15, 0.2) is 90.1 Å². The molecule has 180 valence electrons. The lowest BCUT2D eigenvalue weighted by molar-refractivity contribution is -0.113. The molecule has 0 saturated heterocycles. The number of rotatable bonds is 7. The molecular weight excluding hydrogens is 475 g/mol. The molecule has 0 bridgehead atoms. The maximum absolute atomic E-state index is 14.6. The van der Waals surface area contributed by atoms with E-state index in [1.165, 1.54) is 17.8 Å². The van der Waals surface area contributed by atoms with Crippen LogP contribution in [0.3, 0.4) is 0 Å². The number of anilines is 1. The van der Waals surface area contributed by atoms with E-state index in [0.29, 0.717) is 22.2 Å². The Labute approximate surface area is 212 Å². The molecule has 0 aliphatic heterocycles. The molecule has 1 amide bonds. The van der Waals surface area contributed by atoms with Crippen molar-refractivity contribution in [2.75, 3.05) is 11.1 Å². The summed E-state index contributed by atoms with van der Waals surface area (Å²) in [6.45, 7) is 3.78. The van der Waals surface area contributed by atoms with Crippen LogP contribution in [0.2, 0.25) is 0 Å². The van der Waals surface area contributed by atoms with E-state index in [9.17, 15) is 9.18 Å². The van der Waals surface area contributed by atoms with Gasteiger partial charge in [-0.2, -0.15) is 5.10 Å². The molecule has 9 heteroatoms. The molecular formula is C27H23FN6OS. The minimum absolute atomic E-state index is 0.0949. The Kier molecular flexibility index (Phi) is 6.64. The van der Waals surface area contributed by atoms with E-state index in [4.69, 9.17) is 0 Å². The zero-order valence-electron chi connectivity index (χ0n) is 19.7. The minimum atomic E-state index is -0.391. The van der Waals surface area contributed by atoms with Gasteiger partial charge in [0, 0.05) is 5.69 Å². The second kappa shape index (κ2) is 10.2. The Balaban J connectivity index is 1.38. The number of hydrogen-bond acceptors (Lipinski definition) is 5. The molecule has 0 radical (unpaired) electrons. The summed E-state index contributed by atoms with van der Waals surface area (Å²) in [5, 5.41) is 16.6. The van der Waals surface area contributed by atoms with E-state index in [2.05, 4.69) is 20.6 Å². The predicted molar refractivity (Wildman–Crippen MR) is 139 cm³/mol. The number of carbonyl (C=O) groups is 1. The molecule has 5 rings (SSSR count). The van der Waals surface area contributed by atoms with Gasteiger partial charge in [0.25, 0.3) is 0 Å². The Morgan fingerprint density at radius 2 is 1.53 bits per heavy atom. The van der Waals surface area contributed by atoms with Crippen LogP contribution >= 0.6 is 11.8 Å². The van der Waals surface area contributed by atoms with Crippen molar-refractivity contribution < 1.29 is 9.18 Å². The molecule has 0 aliphatic carbocycles. The summed E-state index contributed by atoms with van der Waals surface area (Å²) in [5.74, 6) is -0.123. The molecule has 0 saturated carbocycles. The first-order chi connectivity index (χ1) is 17.5. The first-order valence-corrected chi connectivity index (χ1v) is 12.3. The van der Waals surface area contributed by atoms with Crippen molar-refractivity contribution in [3.63, 3.8) is 0 Å². The van der Waals surface area contributed by atoms with Gasteiger partial charge in [-0.3, -0.25) is 9.36 Å². The second-order valence-corrected chi connectivity index (χ2v) is 9.03. The lowest BCUT2D eigenvalue weighted by Crippen LogP contribution is -2.15.